The number of ether oxygens (including phenoxy) is 1. The molecule has 2 heterocycles. The average Bonchev–Trinajstić information content (AvgIpc) is 3.18. The molecule has 130 valence electrons. The molecule has 7 nitrogen and oxygen atoms in total. The monoisotopic (exact) mass is 423 g/mol. The number of aromatic nitrogens is 2. The zero-order valence-electron chi connectivity index (χ0n) is 13.3. The lowest BCUT2D eigenvalue weighted by atomic mass is 10.2. The number of amides is 1. The predicted molar refractivity (Wildman–Crippen MR) is 95.2 cm³/mol. The van der Waals surface area contributed by atoms with Crippen LogP contribution in [0.4, 0.5) is 0 Å². The summed E-state index contributed by atoms with van der Waals surface area (Å²) in [5, 5.41) is 8.54. The third kappa shape index (κ3) is 4.10. The highest BCUT2D eigenvalue weighted by Crippen LogP contribution is 2.31. The first-order valence-electron chi connectivity index (χ1n) is 7.47. The van der Waals surface area contributed by atoms with Crippen LogP contribution in [0.1, 0.15) is 12.8 Å². The van der Waals surface area contributed by atoms with Crippen LogP contribution in [0.25, 0.3) is 11.5 Å². The van der Waals surface area contributed by atoms with Crippen molar-refractivity contribution in [3.63, 3.8) is 0 Å². The first-order chi connectivity index (χ1) is 12.1. The van der Waals surface area contributed by atoms with E-state index < -0.39 is 5.97 Å². The molecule has 1 aromatic carbocycles. The topological polar surface area (TPSA) is 85.5 Å². The Morgan fingerprint density at radius 2 is 2.24 bits per heavy atom. The Balaban J connectivity index is 1.78. The van der Waals surface area contributed by atoms with E-state index in [1.165, 1.54) is 22.7 Å². The second-order valence-corrected chi connectivity index (χ2v) is 6.83. The van der Waals surface area contributed by atoms with Gasteiger partial charge in [-0.2, -0.15) is 0 Å². The maximum Gasteiger partial charge on any atom is 0.333 e. The maximum atomic E-state index is 12.1. The molecule has 1 fully saturated rings. The number of carbonyl (C=O) groups excluding carboxylic acids is 2. The molecular formula is C16H14BrN3O4S. The van der Waals surface area contributed by atoms with Gasteiger partial charge in [-0.15, -0.1) is 10.2 Å². The van der Waals surface area contributed by atoms with Gasteiger partial charge in [0.05, 0.1) is 29.0 Å². The number of hydrogen-bond acceptors (Lipinski definition) is 7. The van der Waals surface area contributed by atoms with E-state index in [0.717, 1.165) is 10.0 Å². The molecule has 0 spiro atoms. The van der Waals surface area contributed by atoms with Crippen molar-refractivity contribution >= 4 is 39.6 Å². The van der Waals surface area contributed by atoms with Gasteiger partial charge >= 0.3 is 5.97 Å². The molecule has 0 saturated carbocycles. The van der Waals surface area contributed by atoms with Gasteiger partial charge in [0.2, 0.25) is 17.7 Å². The Bertz CT molecular complexity index is 836. The van der Waals surface area contributed by atoms with Gasteiger partial charge in [0.15, 0.2) is 0 Å². The number of halogens is 1. The number of rotatable bonds is 5. The summed E-state index contributed by atoms with van der Waals surface area (Å²) in [6.45, 7) is 2.11. The van der Waals surface area contributed by atoms with Crippen LogP contribution in [-0.4, -0.2) is 39.3 Å². The van der Waals surface area contributed by atoms with Crippen LogP contribution in [0.2, 0.25) is 0 Å². The quantitative estimate of drug-likeness (QED) is 0.539. The molecular weight excluding hydrogens is 410 g/mol. The Kier molecular flexibility index (Phi) is 5.54. The van der Waals surface area contributed by atoms with Gasteiger partial charge in [-0.25, -0.2) is 4.79 Å². The van der Waals surface area contributed by atoms with E-state index in [9.17, 15) is 9.59 Å². The third-order valence-electron chi connectivity index (χ3n) is 3.30. The summed E-state index contributed by atoms with van der Waals surface area (Å²) in [6, 6.07) is 7.48. The second kappa shape index (κ2) is 7.83. The van der Waals surface area contributed by atoms with Gasteiger partial charge in [-0.1, -0.05) is 23.9 Å². The van der Waals surface area contributed by atoms with Crippen LogP contribution in [0.5, 0.6) is 0 Å². The number of nitrogens with zero attached hydrogens (tertiary/aromatic N) is 3. The van der Waals surface area contributed by atoms with E-state index in [-0.39, 0.29) is 30.7 Å². The third-order valence-corrected chi connectivity index (χ3v) is 5.02. The first-order valence-corrected chi connectivity index (χ1v) is 9.25. The van der Waals surface area contributed by atoms with Crippen LogP contribution >= 0.6 is 27.7 Å². The normalized spacial score (nSPS) is 15.8. The Morgan fingerprint density at radius 3 is 3.00 bits per heavy atom. The largest absolute Gasteiger partial charge is 0.463 e. The summed E-state index contributed by atoms with van der Waals surface area (Å²) in [5.41, 5.74) is 0.769. The Hall–Kier alpha value is -2.13. The highest BCUT2D eigenvalue weighted by Gasteiger charge is 2.29. The summed E-state index contributed by atoms with van der Waals surface area (Å²) in [5.74, 6) is 0.301. The van der Waals surface area contributed by atoms with Crippen molar-refractivity contribution in [1.29, 1.82) is 0 Å². The number of benzene rings is 1. The summed E-state index contributed by atoms with van der Waals surface area (Å²) >= 11 is 4.71. The van der Waals surface area contributed by atoms with E-state index >= 15 is 0 Å². The van der Waals surface area contributed by atoms with Crippen LogP contribution in [0.15, 0.2) is 44.3 Å². The maximum absolute atomic E-state index is 12.1. The van der Waals surface area contributed by atoms with E-state index in [4.69, 9.17) is 9.15 Å². The fraction of sp³-hybridized carbons (Fsp3) is 0.250. The van der Waals surface area contributed by atoms with Gasteiger partial charge in [-0.3, -0.25) is 9.69 Å². The fourth-order valence-electron chi connectivity index (χ4n) is 2.18. The van der Waals surface area contributed by atoms with Crippen molar-refractivity contribution in [3.8, 4) is 11.5 Å². The van der Waals surface area contributed by atoms with E-state index in [1.807, 2.05) is 24.3 Å². The Labute approximate surface area is 156 Å². The lowest BCUT2D eigenvalue weighted by molar-refractivity contribution is -0.137. The SMILES string of the molecule is CCOC(=O)/C=C1/SCC(=O)N1Cc1nnc(-c2ccccc2Br)o1. The Morgan fingerprint density at radius 1 is 1.44 bits per heavy atom. The lowest BCUT2D eigenvalue weighted by Crippen LogP contribution is -2.24. The van der Waals surface area contributed by atoms with E-state index in [2.05, 4.69) is 26.1 Å². The lowest BCUT2D eigenvalue weighted by Gasteiger charge is -2.14. The van der Waals surface area contributed by atoms with Crippen LogP contribution in [-0.2, 0) is 20.9 Å². The summed E-state index contributed by atoms with van der Waals surface area (Å²) in [4.78, 5) is 25.1. The number of esters is 1. The minimum atomic E-state index is -0.482. The number of thioether (sulfide) groups is 1. The molecule has 3 rings (SSSR count). The molecule has 0 atom stereocenters. The predicted octanol–water partition coefficient (Wildman–Crippen LogP) is 2.98. The van der Waals surface area contributed by atoms with Crippen molar-refractivity contribution in [3.05, 3.63) is 45.7 Å². The van der Waals surface area contributed by atoms with E-state index in [0.29, 0.717) is 10.9 Å². The molecule has 1 amide bonds. The highest BCUT2D eigenvalue weighted by molar-refractivity contribution is 9.10. The minimum Gasteiger partial charge on any atom is -0.463 e. The smallest absolute Gasteiger partial charge is 0.333 e. The standard InChI is InChI=1S/C16H14BrN3O4S/c1-2-23-15(22)7-14-20(13(21)9-25-14)8-12-18-19-16(24-12)10-5-3-4-6-11(10)17/h3-7H,2,8-9H2,1H3/b14-7+. The molecule has 2 aromatic rings. The molecule has 0 unspecified atom stereocenters. The van der Waals surface area contributed by atoms with Crippen molar-refractivity contribution < 1.29 is 18.7 Å². The molecule has 0 radical (unpaired) electrons. The summed E-state index contributed by atoms with van der Waals surface area (Å²) in [7, 11) is 0. The van der Waals surface area contributed by atoms with Gasteiger partial charge in [0.25, 0.3) is 0 Å². The molecule has 0 bridgehead atoms. The molecule has 9 heteroatoms. The van der Waals surface area contributed by atoms with Crippen molar-refractivity contribution in [1.82, 2.24) is 15.1 Å². The molecule has 1 aromatic heterocycles. The van der Waals surface area contributed by atoms with Gasteiger partial charge in [0, 0.05) is 4.47 Å². The van der Waals surface area contributed by atoms with Crippen LogP contribution in [0, 0.1) is 0 Å². The first kappa shape index (κ1) is 17.7. The van der Waals surface area contributed by atoms with Crippen molar-refractivity contribution in [2.45, 2.75) is 13.5 Å². The van der Waals surface area contributed by atoms with Gasteiger partial charge < -0.3 is 9.15 Å². The summed E-state index contributed by atoms with van der Waals surface area (Å²) < 4.78 is 11.4. The molecule has 0 N–H and O–H groups in total. The van der Waals surface area contributed by atoms with Crippen molar-refractivity contribution in [2.24, 2.45) is 0 Å². The summed E-state index contributed by atoms with van der Waals surface area (Å²) in [6.07, 6.45) is 1.31. The van der Waals surface area contributed by atoms with Crippen LogP contribution in [0.3, 0.4) is 0 Å². The molecule has 1 aliphatic heterocycles. The zero-order valence-corrected chi connectivity index (χ0v) is 15.7. The van der Waals surface area contributed by atoms with Crippen molar-refractivity contribution in [2.75, 3.05) is 12.4 Å². The van der Waals surface area contributed by atoms with Crippen LogP contribution < -0.4 is 0 Å². The van der Waals surface area contributed by atoms with Gasteiger partial charge in [-0.05, 0) is 35.0 Å². The fourth-order valence-corrected chi connectivity index (χ4v) is 3.56. The minimum absolute atomic E-state index is 0.106. The zero-order chi connectivity index (χ0) is 17.8. The number of carbonyl (C=O) groups is 2. The second-order valence-electron chi connectivity index (χ2n) is 4.98. The molecule has 1 saturated heterocycles. The molecule has 25 heavy (non-hydrogen) atoms. The van der Waals surface area contributed by atoms with E-state index in [1.54, 1.807) is 6.92 Å². The molecule has 0 aliphatic carbocycles. The highest BCUT2D eigenvalue weighted by atomic mass is 79.9. The average molecular weight is 424 g/mol. The molecule has 1 aliphatic rings. The number of hydrogen-bond donors (Lipinski definition) is 0. The van der Waals surface area contributed by atoms with Gasteiger partial charge in [0.1, 0.15) is 6.54 Å².